The van der Waals surface area contributed by atoms with Crippen LogP contribution in [0.25, 0.3) is 0 Å². The molecule has 0 N–H and O–H groups in total. The lowest BCUT2D eigenvalue weighted by Gasteiger charge is -2.34. The van der Waals surface area contributed by atoms with E-state index >= 15 is 0 Å². The first-order valence-corrected chi connectivity index (χ1v) is 7.29. The summed E-state index contributed by atoms with van der Waals surface area (Å²) in [6, 6.07) is 7.01. The summed E-state index contributed by atoms with van der Waals surface area (Å²) >= 11 is 0. The predicted octanol–water partition coefficient (Wildman–Crippen LogP) is 1.95. The number of hydrogen-bond acceptors (Lipinski definition) is 6. The molecule has 0 radical (unpaired) electrons. The van der Waals surface area contributed by atoms with E-state index in [4.69, 9.17) is 9.47 Å². The Kier molecular flexibility index (Phi) is 5.14. The highest BCUT2D eigenvalue weighted by molar-refractivity contribution is 6.01. The highest BCUT2D eigenvalue weighted by atomic mass is 16.6. The first kappa shape index (κ1) is 16.0. The summed E-state index contributed by atoms with van der Waals surface area (Å²) in [5.41, 5.74) is 1.65. The quantitative estimate of drug-likeness (QED) is 0.614. The molecule has 0 fully saturated rings. The maximum atomic E-state index is 12.2. The summed E-state index contributed by atoms with van der Waals surface area (Å²) in [5, 5.41) is 0. The number of nitrogens with zero attached hydrogens (tertiary/aromatic N) is 2. The third-order valence-electron chi connectivity index (χ3n) is 3.50. The minimum absolute atomic E-state index is 0.207. The number of benzene rings is 1. The molecule has 22 heavy (non-hydrogen) atoms. The van der Waals surface area contributed by atoms with E-state index in [2.05, 4.69) is 4.99 Å². The van der Waals surface area contributed by atoms with E-state index in [1.54, 1.807) is 20.1 Å². The van der Waals surface area contributed by atoms with Crippen LogP contribution in [-0.4, -0.2) is 44.5 Å². The molecule has 0 saturated heterocycles. The molecule has 1 aliphatic rings. The molecule has 0 amide bonds. The van der Waals surface area contributed by atoms with E-state index in [1.807, 2.05) is 36.2 Å². The molecule has 1 aromatic rings. The van der Waals surface area contributed by atoms with E-state index in [-0.39, 0.29) is 13.2 Å². The zero-order chi connectivity index (χ0) is 16.1. The van der Waals surface area contributed by atoms with Crippen LogP contribution in [0.15, 0.2) is 29.3 Å². The van der Waals surface area contributed by atoms with Crippen LogP contribution in [0.4, 0.5) is 11.4 Å². The molecular formula is C16H20N2O4. The van der Waals surface area contributed by atoms with E-state index in [1.165, 1.54) is 0 Å². The molecule has 0 aliphatic carbocycles. The van der Waals surface area contributed by atoms with Crippen molar-refractivity contribution in [2.24, 2.45) is 10.9 Å². The van der Waals surface area contributed by atoms with E-state index in [0.717, 1.165) is 11.4 Å². The number of rotatable bonds is 5. The molecule has 118 valence electrons. The number of hydrogen-bond donors (Lipinski definition) is 0. The maximum absolute atomic E-state index is 12.2. The third-order valence-corrected chi connectivity index (χ3v) is 3.50. The molecule has 0 saturated carbocycles. The van der Waals surface area contributed by atoms with E-state index in [0.29, 0.717) is 0 Å². The van der Waals surface area contributed by atoms with Crippen LogP contribution in [0.1, 0.15) is 13.8 Å². The predicted molar refractivity (Wildman–Crippen MR) is 83.5 cm³/mol. The molecule has 1 atom stereocenters. The fourth-order valence-electron chi connectivity index (χ4n) is 2.44. The van der Waals surface area contributed by atoms with Gasteiger partial charge in [-0.25, -0.2) is 0 Å². The largest absolute Gasteiger partial charge is 0.465 e. The van der Waals surface area contributed by atoms with Crippen molar-refractivity contribution >= 4 is 29.5 Å². The van der Waals surface area contributed by atoms with Crippen molar-refractivity contribution in [3.05, 3.63) is 24.3 Å². The van der Waals surface area contributed by atoms with Gasteiger partial charge in [0.1, 0.15) is 0 Å². The molecule has 6 heteroatoms. The summed E-state index contributed by atoms with van der Waals surface area (Å²) in [7, 11) is 1.82. The van der Waals surface area contributed by atoms with Crippen molar-refractivity contribution in [3.8, 4) is 0 Å². The third kappa shape index (κ3) is 3.10. The van der Waals surface area contributed by atoms with Gasteiger partial charge in [-0.3, -0.25) is 14.6 Å². The highest BCUT2D eigenvalue weighted by Crippen LogP contribution is 2.33. The Morgan fingerprint density at radius 3 is 2.36 bits per heavy atom. The van der Waals surface area contributed by atoms with Crippen LogP contribution in [0.2, 0.25) is 0 Å². The van der Waals surface area contributed by atoms with Gasteiger partial charge in [-0.1, -0.05) is 12.1 Å². The number of para-hydroxylation sites is 2. The lowest BCUT2D eigenvalue weighted by Crippen LogP contribution is -2.48. The summed E-state index contributed by atoms with van der Waals surface area (Å²) in [6.07, 6.45) is 1.60. The van der Waals surface area contributed by atoms with Gasteiger partial charge in [0.25, 0.3) is 0 Å². The Labute approximate surface area is 129 Å². The summed E-state index contributed by atoms with van der Waals surface area (Å²) in [4.78, 5) is 30.6. The Bertz CT molecular complexity index is 567. The molecular weight excluding hydrogens is 284 g/mol. The Morgan fingerprint density at radius 1 is 1.18 bits per heavy atom. The number of carbonyl (C=O) groups excluding carboxylic acids is 2. The number of aliphatic imine (C=N–C) groups is 1. The van der Waals surface area contributed by atoms with Crippen LogP contribution in [0, 0.1) is 5.92 Å². The van der Waals surface area contributed by atoms with Gasteiger partial charge in [0, 0.05) is 13.3 Å². The smallest absolute Gasteiger partial charge is 0.322 e. The second kappa shape index (κ2) is 7.06. The average molecular weight is 304 g/mol. The van der Waals surface area contributed by atoms with Crippen LogP contribution < -0.4 is 4.90 Å². The van der Waals surface area contributed by atoms with Gasteiger partial charge < -0.3 is 14.4 Å². The van der Waals surface area contributed by atoms with Crippen molar-refractivity contribution in [2.75, 3.05) is 25.2 Å². The zero-order valence-corrected chi connectivity index (χ0v) is 13.0. The van der Waals surface area contributed by atoms with Gasteiger partial charge in [-0.2, -0.15) is 0 Å². The Morgan fingerprint density at radius 2 is 1.77 bits per heavy atom. The normalized spacial score (nSPS) is 16.4. The minimum atomic E-state index is -1.05. The van der Waals surface area contributed by atoms with E-state index < -0.39 is 23.9 Å². The van der Waals surface area contributed by atoms with Gasteiger partial charge in [0.05, 0.1) is 30.6 Å². The van der Waals surface area contributed by atoms with Crippen LogP contribution in [0.5, 0.6) is 0 Å². The lowest BCUT2D eigenvalue weighted by atomic mass is 9.97. The van der Waals surface area contributed by atoms with Crippen molar-refractivity contribution in [1.29, 1.82) is 0 Å². The molecule has 0 bridgehead atoms. The molecule has 0 spiro atoms. The Hall–Kier alpha value is -2.37. The molecule has 0 aromatic heterocycles. The first-order chi connectivity index (χ1) is 10.6. The number of fused-ring (bicyclic) bond motifs is 1. The second-order valence-corrected chi connectivity index (χ2v) is 4.85. The highest BCUT2D eigenvalue weighted by Gasteiger charge is 2.40. The second-order valence-electron chi connectivity index (χ2n) is 4.85. The van der Waals surface area contributed by atoms with Crippen molar-refractivity contribution in [1.82, 2.24) is 0 Å². The average Bonchev–Trinajstić information content (AvgIpc) is 2.51. The molecule has 1 aliphatic heterocycles. The standard InChI is InChI=1S/C16H20N2O4/c1-4-21-15(19)14(16(20)22-5-2)13-10-17-11-8-6-7-9-12(11)18(13)3/h6-10,13-14H,4-5H2,1-3H3. The summed E-state index contributed by atoms with van der Waals surface area (Å²) in [5.74, 6) is -2.24. The van der Waals surface area contributed by atoms with Crippen molar-refractivity contribution < 1.29 is 19.1 Å². The van der Waals surface area contributed by atoms with Gasteiger partial charge >= 0.3 is 11.9 Å². The van der Waals surface area contributed by atoms with Crippen molar-refractivity contribution in [2.45, 2.75) is 19.9 Å². The SMILES string of the molecule is CCOC(=O)C(C(=O)OCC)C1C=Nc2ccccc2N1C. The van der Waals surface area contributed by atoms with Crippen molar-refractivity contribution in [3.63, 3.8) is 0 Å². The fourth-order valence-corrected chi connectivity index (χ4v) is 2.44. The number of anilines is 1. The van der Waals surface area contributed by atoms with Crippen LogP contribution >= 0.6 is 0 Å². The van der Waals surface area contributed by atoms with E-state index in [9.17, 15) is 9.59 Å². The van der Waals surface area contributed by atoms with Gasteiger partial charge in [-0.05, 0) is 26.0 Å². The van der Waals surface area contributed by atoms with Crippen LogP contribution in [-0.2, 0) is 19.1 Å². The number of carbonyl (C=O) groups is 2. The fraction of sp³-hybridized carbons (Fsp3) is 0.438. The molecule has 1 unspecified atom stereocenters. The van der Waals surface area contributed by atoms with Crippen LogP contribution in [0.3, 0.4) is 0 Å². The lowest BCUT2D eigenvalue weighted by molar-refractivity contribution is -0.161. The van der Waals surface area contributed by atoms with Gasteiger partial charge in [0.15, 0.2) is 5.92 Å². The topological polar surface area (TPSA) is 68.2 Å². The summed E-state index contributed by atoms with van der Waals surface area (Å²) < 4.78 is 10.1. The van der Waals surface area contributed by atoms with Gasteiger partial charge in [0.2, 0.25) is 0 Å². The molecule has 1 heterocycles. The zero-order valence-electron chi connectivity index (χ0n) is 13.0. The molecule has 1 aromatic carbocycles. The summed E-state index contributed by atoms with van der Waals surface area (Å²) in [6.45, 7) is 3.82. The molecule has 6 nitrogen and oxygen atoms in total. The Balaban J connectivity index is 2.32. The number of ether oxygens (including phenoxy) is 2. The van der Waals surface area contributed by atoms with Gasteiger partial charge in [-0.15, -0.1) is 0 Å². The maximum Gasteiger partial charge on any atom is 0.322 e. The molecule has 2 rings (SSSR count). The number of esters is 2. The minimum Gasteiger partial charge on any atom is -0.465 e. The first-order valence-electron chi connectivity index (χ1n) is 7.29. The monoisotopic (exact) mass is 304 g/mol.